The topological polar surface area (TPSA) is 81.3 Å². The Morgan fingerprint density at radius 1 is 1.18 bits per heavy atom. The summed E-state index contributed by atoms with van der Waals surface area (Å²) in [6, 6.07) is 13.6. The number of nitrogens with one attached hydrogen (secondary N) is 2. The maximum absolute atomic E-state index is 13.3. The number of benzene rings is 2. The van der Waals surface area contributed by atoms with Gasteiger partial charge < -0.3 is 15.1 Å². The highest BCUT2D eigenvalue weighted by Crippen LogP contribution is 2.39. The van der Waals surface area contributed by atoms with Crippen molar-refractivity contribution in [1.29, 1.82) is 0 Å². The van der Waals surface area contributed by atoms with Crippen molar-refractivity contribution in [2.45, 2.75) is 59.0 Å². The van der Waals surface area contributed by atoms with Crippen LogP contribution in [0.2, 0.25) is 0 Å². The molecule has 2 heterocycles. The fourth-order valence-electron chi connectivity index (χ4n) is 5.68. The van der Waals surface area contributed by atoms with Gasteiger partial charge in [-0.15, -0.1) is 0 Å². The SMILES string of the molecule is C[C@H](c1ccc(C(=O)NCCCN(C)C)cc1)N1Cc2cc(-c3n[nH]c4c3CCC(C)(C)C4)ccc2C1=O. The number of aromatic amines is 1. The lowest BCUT2D eigenvalue weighted by Gasteiger charge is -2.29. The normalized spacial score (nSPS) is 16.9. The van der Waals surface area contributed by atoms with Crippen molar-refractivity contribution >= 4 is 11.8 Å². The maximum atomic E-state index is 13.3. The van der Waals surface area contributed by atoms with Crippen molar-refractivity contribution in [3.8, 4) is 11.3 Å². The summed E-state index contributed by atoms with van der Waals surface area (Å²) in [7, 11) is 4.05. The molecule has 5 rings (SSSR count). The Morgan fingerprint density at radius 3 is 2.68 bits per heavy atom. The molecule has 7 nitrogen and oxygen atoms in total. The molecule has 200 valence electrons. The second-order valence-electron chi connectivity index (χ2n) is 11.9. The molecule has 0 unspecified atom stereocenters. The zero-order valence-corrected chi connectivity index (χ0v) is 23.2. The molecule has 3 aromatic rings. The minimum absolute atomic E-state index is 0.0487. The fraction of sp³-hybridized carbons (Fsp3) is 0.452. The van der Waals surface area contributed by atoms with E-state index < -0.39 is 0 Å². The van der Waals surface area contributed by atoms with Gasteiger partial charge in [0.25, 0.3) is 11.8 Å². The molecule has 0 fully saturated rings. The van der Waals surface area contributed by atoms with Crippen LogP contribution < -0.4 is 5.32 Å². The van der Waals surface area contributed by atoms with Gasteiger partial charge >= 0.3 is 0 Å². The van der Waals surface area contributed by atoms with Crippen molar-refractivity contribution in [3.05, 3.63) is 76.0 Å². The van der Waals surface area contributed by atoms with Gasteiger partial charge in [0.15, 0.2) is 0 Å². The number of amides is 2. The van der Waals surface area contributed by atoms with E-state index in [-0.39, 0.29) is 17.9 Å². The summed E-state index contributed by atoms with van der Waals surface area (Å²) in [5.74, 6) is -0.0168. The first kappa shape index (κ1) is 26.2. The first-order valence-corrected chi connectivity index (χ1v) is 13.7. The number of carbonyl (C=O) groups is 2. The summed E-state index contributed by atoms with van der Waals surface area (Å²) < 4.78 is 0. The van der Waals surface area contributed by atoms with Crippen LogP contribution in [-0.4, -0.2) is 59.0 Å². The molecule has 1 aliphatic carbocycles. The molecule has 7 heteroatoms. The first-order chi connectivity index (χ1) is 18.1. The van der Waals surface area contributed by atoms with Crippen molar-refractivity contribution in [2.24, 2.45) is 5.41 Å². The highest BCUT2D eigenvalue weighted by atomic mass is 16.2. The van der Waals surface area contributed by atoms with Crippen LogP contribution in [0, 0.1) is 5.41 Å². The average molecular weight is 514 g/mol. The van der Waals surface area contributed by atoms with Gasteiger partial charge in [-0.3, -0.25) is 14.7 Å². The van der Waals surface area contributed by atoms with Gasteiger partial charge in [0.2, 0.25) is 0 Å². The van der Waals surface area contributed by atoms with E-state index in [9.17, 15) is 9.59 Å². The average Bonchev–Trinajstić information content (AvgIpc) is 3.45. The molecule has 0 bridgehead atoms. The third kappa shape index (κ3) is 5.25. The summed E-state index contributed by atoms with van der Waals surface area (Å²) in [5.41, 5.74) is 8.41. The van der Waals surface area contributed by atoms with E-state index in [0.29, 0.717) is 24.1 Å². The Kier molecular flexibility index (Phi) is 7.14. The van der Waals surface area contributed by atoms with Crippen LogP contribution in [0.5, 0.6) is 0 Å². The number of carbonyl (C=O) groups excluding carboxylic acids is 2. The smallest absolute Gasteiger partial charge is 0.255 e. The van der Waals surface area contributed by atoms with Crippen molar-refractivity contribution in [1.82, 2.24) is 25.3 Å². The Morgan fingerprint density at radius 2 is 1.95 bits per heavy atom. The fourth-order valence-corrected chi connectivity index (χ4v) is 5.68. The number of fused-ring (bicyclic) bond motifs is 2. The van der Waals surface area contributed by atoms with E-state index in [1.54, 1.807) is 0 Å². The summed E-state index contributed by atoms with van der Waals surface area (Å²) in [5, 5.41) is 10.9. The number of hydrogen-bond donors (Lipinski definition) is 2. The standard InChI is InChI=1S/C31H39N5O2/c1-20(21-7-9-22(10-8-21)29(37)32-15-6-16-35(4)5)36-19-24-17-23(11-12-25(24)30(36)38)28-26-13-14-31(2,3)18-27(26)33-34-28/h7-12,17,20H,6,13-16,18-19H2,1-5H3,(H,32,37)(H,33,34)/t20-/m1/s1. The zero-order chi connectivity index (χ0) is 27.0. The van der Waals surface area contributed by atoms with E-state index in [0.717, 1.165) is 60.2 Å². The third-order valence-corrected chi connectivity index (χ3v) is 8.06. The Hall–Kier alpha value is -3.45. The van der Waals surface area contributed by atoms with Crippen LogP contribution in [0.1, 0.15) is 82.8 Å². The molecular formula is C31H39N5O2. The number of nitrogens with zero attached hydrogens (tertiary/aromatic N) is 3. The predicted octanol–water partition coefficient (Wildman–Crippen LogP) is 4.99. The van der Waals surface area contributed by atoms with Crippen LogP contribution in [-0.2, 0) is 19.4 Å². The number of hydrogen-bond acceptors (Lipinski definition) is 4. The Balaban J connectivity index is 1.26. The van der Waals surface area contributed by atoms with Crippen LogP contribution in [0.4, 0.5) is 0 Å². The quantitative estimate of drug-likeness (QED) is 0.416. The summed E-state index contributed by atoms with van der Waals surface area (Å²) in [4.78, 5) is 29.8. The van der Waals surface area contributed by atoms with Crippen molar-refractivity contribution in [3.63, 3.8) is 0 Å². The van der Waals surface area contributed by atoms with Crippen LogP contribution in [0.25, 0.3) is 11.3 Å². The molecule has 2 aromatic carbocycles. The lowest BCUT2D eigenvalue weighted by atomic mass is 9.76. The van der Waals surface area contributed by atoms with Crippen LogP contribution in [0.15, 0.2) is 42.5 Å². The third-order valence-electron chi connectivity index (χ3n) is 8.06. The molecule has 1 aliphatic heterocycles. The molecule has 0 saturated heterocycles. The summed E-state index contributed by atoms with van der Waals surface area (Å²) >= 11 is 0. The number of rotatable bonds is 8. The predicted molar refractivity (Wildman–Crippen MR) is 150 cm³/mol. The van der Waals surface area contributed by atoms with E-state index in [4.69, 9.17) is 0 Å². The molecule has 38 heavy (non-hydrogen) atoms. The molecule has 2 amide bonds. The molecule has 0 saturated carbocycles. The minimum Gasteiger partial charge on any atom is -0.352 e. The van der Waals surface area contributed by atoms with Crippen molar-refractivity contribution < 1.29 is 9.59 Å². The van der Waals surface area contributed by atoms with E-state index in [1.165, 1.54) is 11.3 Å². The van der Waals surface area contributed by atoms with Gasteiger partial charge in [-0.1, -0.05) is 32.0 Å². The monoisotopic (exact) mass is 513 g/mol. The van der Waals surface area contributed by atoms with Crippen LogP contribution >= 0.6 is 0 Å². The first-order valence-electron chi connectivity index (χ1n) is 13.7. The lowest BCUT2D eigenvalue weighted by Crippen LogP contribution is -2.28. The van der Waals surface area contributed by atoms with E-state index in [2.05, 4.69) is 40.3 Å². The van der Waals surface area contributed by atoms with Gasteiger partial charge in [-0.05, 0) is 94.1 Å². The second-order valence-corrected chi connectivity index (χ2v) is 11.9. The van der Waals surface area contributed by atoms with Gasteiger partial charge in [-0.2, -0.15) is 5.10 Å². The highest BCUT2D eigenvalue weighted by molar-refractivity contribution is 5.99. The van der Waals surface area contributed by atoms with Gasteiger partial charge in [0, 0.05) is 41.0 Å². The number of aromatic nitrogens is 2. The lowest BCUT2D eigenvalue weighted by molar-refractivity contribution is 0.0715. The molecule has 0 spiro atoms. The second kappa shape index (κ2) is 10.4. The van der Waals surface area contributed by atoms with Crippen molar-refractivity contribution in [2.75, 3.05) is 27.2 Å². The van der Waals surface area contributed by atoms with E-state index >= 15 is 0 Å². The number of H-pyrrole nitrogens is 1. The summed E-state index contributed by atoms with van der Waals surface area (Å²) in [6.07, 6.45) is 4.10. The van der Waals surface area contributed by atoms with Crippen LogP contribution in [0.3, 0.4) is 0 Å². The van der Waals surface area contributed by atoms with Gasteiger partial charge in [-0.25, -0.2) is 0 Å². The molecule has 1 aromatic heterocycles. The largest absolute Gasteiger partial charge is 0.352 e. The van der Waals surface area contributed by atoms with E-state index in [1.807, 2.05) is 62.3 Å². The minimum atomic E-state index is -0.101. The molecule has 2 aliphatic rings. The van der Waals surface area contributed by atoms with Gasteiger partial charge in [0.05, 0.1) is 11.7 Å². The molecule has 2 N–H and O–H groups in total. The molecular weight excluding hydrogens is 474 g/mol. The van der Waals surface area contributed by atoms with Gasteiger partial charge in [0.1, 0.15) is 0 Å². The summed E-state index contributed by atoms with van der Waals surface area (Å²) in [6.45, 7) is 8.82. The highest BCUT2D eigenvalue weighted by Gasteiger charge is 2.33. The zero-order valence-electron chi connectivity index (χ0n) is 23.2. The molecule has 1 atom stereocenters. The molecule has 0 radical (unpaired) electrons. The maximum Gasteiger partial charge on any atom is 0.255 e. The Labute approximate surface area is 225 Å². The Bertz CT molecular complexity index is 1340.